The molecule has 2 aromatic heterocycles. The summed E-state index contributed by atoms with van der Waals surface area (Å²) in [6.07, 6.45) is 7.51. The van der Waals surface area contributed by atoms with E-state index in [2.05, 4.69) is 32.1 Å². The maximum atomic E-state index is 4.39. The molecule has 0 radical (unpaired) electrons. The minimum Gasteiger partial charge on any atom is -0.369 e. The normalized spacial score (nSPS) is 14.2. The second-order valence-electron chi connectivity index (χ2n) is 4.66. The van der Waals surface area contributed by atoms with E-state index in [1.807, 2.05) is 0 Å². The van der Waals surface area contributed by atoms with E-state index in [0.29, 0.717) is 0 Å². The van der Waals surface area contributed by atoms with Crippen molar-refractivity contribution in [3.63, 3.8) is 0 Å². The van der Waals surface area contributed by atoms with Crippen molar-refractivity contribution in [3.8, 4) is 0 Å². The molecule has 0 spiro atoms. The monoisotopic (exact) mass is 259 g/mol. The van der Waals surface area contributed by atoms with Crippen LogP contribution < -0.4 is 5.32 Å². The van der Waals surface area contributed by atoms with Gasteiger partial charge in [-0.1, -0.05) is 0 Å². The molecule has 0 saturated carbocycles. The number of rotatable bonds is 4. The van der Waals surface area contributed by atoms with Crippen LogP contribution in [0.4, 0.5) is 5.82 Å². The Kier molecular flexibility index (Phi) is 3.55. The van der Waals surface area contributed by atoms with Crippen molar-refractivity contribution in [2.45, 2.75) is 32.1 Å². The van der Waals surface area contributed by atoms with Gasteiger partial charge >= 0.3 is 0 Å². The van der Waals surface area contributed by atoms with Crippen LogP contribution in [0.25, 0.3) is 0 Å². The van der Waals surface area contributed by atoms with Crippen molar-refractivity contribution < 1.29 is 0 Å². The molecule has 0 saturated heterocycles. The van der Waals surface area contributed by atoms with Gasteiger partial charge in [0.15, 0.2) is 0 Å². The fraction of sp³-hybridized carbons (Fsp3) is 0.429. The molecule has 0 atom stereocenters. The van der Waals surface area contributed by atoms with E-state index in [0.717, 1.165) is 31.6 Å². The van der Waals surface area contributed by atoms with Crippen LogP contribution in [0.5, 0.6) is 0 Å². The molecule has 0 fully saturated rings. The van der Waals surface area contributed by atoms with E-state index in [9.17, 15) is 0 Å². The number of hydrogen-bond donors (Lipinski definition) is 1. The molecule has 0 amide bonds. The van der Waals surface area contributed by atoms with Crippen LogP contribution in [0.15, 0.2) is 23.2 Å². The highest BCUT2D eigenvalue weighted by atomic mass is 32.1. The smallest absolute Gasteiger partial charge is 0.132 e. The lowest BCUT2D eigenvalue weighted by Crippen LogP contribution is -2.13. The van der Waals surface area contributed by atoms with Gasteiger partial charge < -0.3 is 5.32 Å². The van der Waals surface area contributed by atoms with Gasteiger partial charge in [0, 0.05) is 17.8 Å². The van der Waals surface area contributed by atoms with E-state index >= 15 is 0 Å². The molecule has 94 valence electrons. The Labute approximate surface area is 111 Å². The minimum atomic E-state index is 0.945. The van der Waals surface area contributed by atoms with Crippen molar-refractivity contribution in [2.75, 3.05) is 11.9 Å². The summed E-state index contributed by atoms with van der Waals surface area (Å²) in [7, 11) is 0. The fourth-order valence-electron chi connectivity index (χ4n) is 2.43. The quantitative estimate of drug-likeness (QED) is 0.917. The summed E-state index contributed by atoms with van der Waals surface area (Å²) in [6, 6.07) is 2.18. The highest BCUT2D eigenvalue weighted by Crippen LogP contribution is 2.24. The van der Waals surface area contributed by atoms with E-state index in [4.69, 9.17) is 0 Å². The predicted molar refractivity (Wildman–Crippen MR) is 75.2 cm³/mol. The summed E-state index contributed by atoms with van der Waals surface area (Å²) < 4.78 is 0. The summed E-state index contributed by atoms with van der Waals surface area (Å²) in [5.41, 5.74) is 3.98. The van der Waals surface area contributed by atoms with Crippen molar-refractivity contribution in [1.29, 1.82) is 0 Å². The first-order valence-corrected chi connectivity index (χ1v) is 7.45. The van der Waals surface area contributed by atoms with Gasteiger partial charge in [-0.25, -0.2) is 9.97 Å². The summed E-state index contributed by atoms with van der Waals surface area (Å²) in [5, 5.41) is 7.80. The molecule has 1 aliphatic carbocycles. The molecular weight excluding hydrogens is 242 g/mol. The van der Waals surface area contributed by atoms with Crippen LogP contribution in [-0.4, -0.2) is 16.5 Å². The third kappa shape index (κ3) is 2.53. The standard InChI is InChI=1S/C14H17N3S/c1-2-4-13-12(3-1)14(17-10-16-13)15-7-5-11-6-8-18-9-11/h6,8-10H,1-5,7H2,(H,15,16,17). The topological polar surface area (TPSA) is 37.8 Å². The number of hydrogen-bond acceptors (Lipinski definition) is 4. The molecule has 2 heterocycles. The van der Waals surface area contributed by atoms with Crippen LogP contribution in [0.2, 0.25) is 0 Å². The zero-order valence-electron chi connectivity index (χ0n) is 10.4. The Morgan fingerprint density at radius 3 is 3.06 bits per heavy atom. The Morgan fingerprint density at radius 1 is 1.22 bits per heavy atom. The molecule has 0 aliphatic heterocycles. The van der Waals surface area contributed by atoms with Crippen LogP contribution in [0.3, 0.4) is 0 Å². The average molecular weight is 259 g/mol. The minimum absolute atomic E-state index is 0.945. The number of anilines is 1. The van der Waals surface area contributed by atoms with Gasteiger partial charge in [0.1, 0.15) is 12.1 Å². The summed E-state index contributed by atoms with van der Waals surface area (Å²) in [4.78, 5) is 8.78. The predicted octanol–water partition coefficient (Wildman–Crippen LogP) is 3.07. The largest absolute Gasteiger partial charge is 0.369 e. The Morgan fingerprint density at radius 2 is 2.17 bits per heavy atom. The molecular formula is C14H17N3S. The third-order valence-corrected chi connectivity index (χ3v) is 4.14. The third-order valence-electron chi connectivity index (χ3n) is 3.41. The Hall–Kier alpha value is -1.42. The Balaban J connectivity index is 1.65. The van der Waals surface area contributed by atoms with Gasteiger partial charge in [-0.15, -0.1) is 0 Å². The maximum Gasteiger partial charge on any atom is 0.132 e. The average Bonchev–Trinajstić information content (AvgIpc) is 2.92. The van der Waals surface area contributed by atoms with Gasteiger partial charge in [0.25, 0.3) is 0 Å². The molecule has 4 heteroatoms. The SMILES string of the molecule is c1nc2c(c(NCCc3ccsc3)n1)CCCC2. The summed E-state index contributed by atoms with van der Waals surface area (Å²) >= 11 is 1.76. The van der Waals surface area contributed by atoms with Crippen LogP contribution in [0, 0.1) is 0 Å². The van der Waals surface area contributed by atoms with Crippen molar-refractivity contribution in [3.05, 3.63) is 40.0 Å². The lowest BCUT2D eigenvalue weighted by Gasteiger charge is -2.17. The van der Waals surface area contributed by atoms with E-state index in [1.54, 1.807) is 17.7 Å². The van der Waals surface area contributed by atoms with E-state index < -0.39 is 0 Å². The van der Waals surface area contributed by atoms with Crippen molar-refractivity contribution in [1.82, 2.24) is 9.97 Å². The number of fused-ring (bicyclic) bond motifs is 1. The van der Waals surface area contributed by atoms with Crippen LogP contribution in [0.1, 0.15) is 29.7 Å². The van der Waals surface area contributed by atoms with Gasteiger partial charge in [-0.2, -0.15) is 11.3 Å². The molecule has 0 unspecified atom stereocenters. The summed E-state index contributed by atoms with van der Waals surface area (Å²) in [6.45, 7) is 0.945. The Bertz CT molecular complexity index is 508. The molecule has 3 nitrogen and oxygen atoms in total. The first kappa shape index (κ1) is 11.7. The second kappa shape index (κ2) is 5.48. The van der Waals surface area contributed by atoms with Gasteiger partial charge in [-0.3, -0.25) is 0 Å². The van der Waals surface area contributed by atoms with Crippen LogP contribution >= 0.6 is 11.3 Å². The van der Waals surface area contributed by atoms with Crippen molar-refractivity contribution in [2.24, 2.45) is 0 Å². The number of aryl methyl sites for hydroxylation is 1. The first-order chi connectivity index (χ1) is 8.93. The number of nitrogens with zero attached hydrogens (tertiary/aromatic N) is 2. The lowest BCUT2D eigenvalue weighted by atomic mass is 9.96. The van der Waals surface area contributed by atoms with Crippen LogP contribution in [-0.2, 0) is 19.3 Å². The molecule has 0 aromatic carbocycles. The maximum absolute atomic E-state index is 4.39. The molecule has 2 aromatic rings. The van der Waals surface area contributed by atoms with E-state index in [1.165, 1.54) is 29.7 Å². The molecule has 0 bridgehead atoms. The second-order valence-corrected chi connectivity index (χ2v) is 5.44. The first-order valence-electron chi connectivity index (χ1n) is 6.51. The molecule has 1 aliphatic rings. The lowest BCUT2D eigenvalue weighted by molar-refractivity contribution is 0.663. The van der Waals surface area contributed by atoms with Crippen molar-refractivity contribution >= 4 is 17.2 Å². The fourth-order valence-corrected chi connectivity index (χ4v) is 3.14. The molecule has 3 rings (SSSR count). The van der Waals surface area contributed by atoms with E-state index in [-0.39, 0.29) is 0 Å². The van der Waals surface area contributed by atoms with Gasteiger partial charge in [-0.05, 0) is 54.5 Å². The number of thiophene rings is 1. The number of nitrogens with one attached hydrogen (secondary N) is 1. The zero-order chi connectivity index (χ0) is 12.2. The van der Waals surface area contributed by atoms with Gasteiger partial charge in [0.05, 0.1) is 0 Å². The summed E-state index contributed by atoms with van der Waals surface area (Å²) in [5.74, 6) is 1.05. The molecule has 18 heavy (non-hydrogen) atoms. The van der Waals surface area contributed by atoms with Gasteiger partial charge in [0.2, 0.25) is 0 Å². The molecule has 1 N–H and O–H groups in total. The highest BCUT2D eigenvalue weighted by Gasteiger charge is 2.14. The highest BCUT2D eigenvalue weighted by molar-refractivity contribution is 7.07. The number of aromatic nitrogens is 2. The zero-order valence-corrected chi connectivity index (χ0v) is 11.2.